The van der Waals surface area contributed by atoms with Crippen LogP contribution in [0.5, 0.6) is 0 Å². The number of hydrogen-bond donors (Lipinski definition) is 1. The van der Waals surface area contributed by atoms with Gasteiger partial charge < -0.3 is 0 Å². The fraction of sp³-hybridized carbons (Fsp3) is 0.333. The molecule has 29 heavy (non-hydrogen) atoms. The molecule has 1 atom stereocenters. The van der Waals surface area contributed by atoms with Gasteiger partial charge >= 0.3 is 0 Å². The Labute approximate surface area is 169 Å². The first-order valence-electron chi connectivity index (χ1n) is 9.55. The van der Waals surface area contributed by atoms with Crippen LogP contribution >= 0.6 is 0 Å². The molecule has 8 heteroatoms. The molecule has 2 aromatic heterocycles. The third-order valence-corrected chi connectivity index (χ3v) is 7.50. The first-order valence-corrected chi connectivity index (χ1v) is 11.0. The zero-order valence-corrected chi connectivity index (χ0v) is 17.4. The molecule has 3 aromatic rings. The lowest BCUT2D eigenvalue weighted by molar-refractivity contribution is 0.389. The van der Waals surface area contributed by atoms with Crippen LogP contribution in [0.2, 0.25) is 0 Å². The summed E-state index contributed by atoms with van der Waals surface area (Å²) in [6.07, 6.45) is 1.47. The van der Waals surface area contributed by atoms with Crippen LogP contribution in [0.3, 0.4) is 0 Å². The Morgan fingerprint density at radius 1 is 1.10 bits per heavy atom. The van der Waals surface area contributed by atoms with Crippen molar-refractivity contribution in [2.45, 2.75) is 44.6 Å². The maximum Gasteiger partial charge on any atom is 0.247 e. The number of aromatic amines is 1. The molecule has 6 nitrogen and oxygen atoms in total. The Morgan fingerprint density at radius 2 is 1.83 bits per heavy atom. The summed E-state index contributed by atoms with van der Waals surface area (Å²) >= 11 is 0. The molecule has 0 unspecified atom stereocenters. The largest absolute Gasteiger partial charge is 0.281 e. The van der Waals surface area contributed by atoms with E-state index in [-0.39, 0.29) is 16.8 Å². The second-order valence-electron chi connectivity index (χ2n) is 7.47. The summed E-state index contributed by atoms with van der Waals surface area (Å²) < 4.78 is 41.6. The summed E-state index contributed by atoms with van der Waals surface area (Å²) in [5, 5.41) is 6.81. The van der Waals surface area contributed by atoms with E-state index >= 15 is 0 Å². The summed E-state index contributed by atoms with van der Waals surface area (Å²) in [4.78, 5) is 4.89. The maximum absolute atomic E-state index is 13.4. The Hall–Kier alpha value is -2.58. The molecule has 0 radical (unpaired) electrons. The van der Waals surface area contributed by atoms with Gasteiger partial charge in [0.25, 0.3) is 0 Å². The number of rotatable bonds is 4. The van der Waals surface area contributed by atoms with Crippen LogP contribution in [0.4, 0.5) is 4.39 Å². The number of nitrogens with zero attached hydrogens (tertiary/aromatic N) is 3. The van der Waals surface area contributed by atoms with E-state index < -0.39 is 10.0 Å². The molecule has 152 valence electrons. The molecule has 1 aliphatic heterocycles. The van der Waals surface area contributed by atoms with Crippen molar-refractivity contribution in [2.75, 3.05) is 6.54 Å². The van der Waals surface area contributed by atoms with E-state index in [1.807, 2.05) is 19.1 Å². The number of sulfonamides is 1. The maximum atomic E-state index is 13.4. The number of nitrogens with one attached hydrogen (secondary N) is 1. The van der Waals surface area contributed by atoms with E-state index in [9.17, 15) is 12.8 Å². The smallest absolute Gasteiger partial charge is 0.247 e. The van der Waals surface area contributed by atoms with E-state index in [2.05, 4.69) is 15.2 Å². The molecule has 1 fully saturated rings. The molecule has 3 heterocycles. The third-order valence-electron chi connectivity index (χ3n) is 5.32. The van der Waals surface area contributed by atoms with Crippen molar-refractivity contribution in [1.29, 1.82) is 0 Å². The predicted octanol–water partition coefficient (Wildman–Crippen LogP) is 4.06. The van der Waals surface area contributed by atoms with Crippen molar-refractivity contribution in [3.05, 3.63) is 65.0 Å². The van der Waals surface area contributed by atoms with E-state index in [1.165, 1.54) is 16.4 Å². The molecular weight excluding hydrogens is 391 g/mol. The highest BCUT2D eigenvalue weighted by molar-refractivity contribution is 7.89. The van der Waals surface area contributed by atoms with Gasteiger partial charge in [-0.2, -0.15) is 9.40 Å². The van der Waals surface area contributed by atoms with Crippen molar-refractivity contribution in [3.63, 3.8) is 0 Å². The fourth-order valence-electron chi connectivity index (χ4n) is 4.04. The van der Waals surface area contributed by atoms with Gasteiger partial charge in [-0.25, -0.2) is 12.8 Å². The van der Waals surface area contributed by atoms with Crippen molar-refractivity contribution < 1.29 is 12.8 Å². The van der Waals surface area contributed by atoms with Crippen LogP contribution in [-0.4, -0.2) is 34.4 Å². The summed E-state index contributed by atoms with van der Waals surface area (Å²) in [7, 11) is -3.70. The predicted molar refractivity (Wildman–Crippen MR) is 108 cm³/mol. The minimum Gasteiger partial charge on any atom is -0.281 e. The van der Waals surface area contributed by atoms with Crippen LogP contribution < -0.4 is 0 Å². The minimum atomic E-state index is -3.70. The van der Waals surface area contributed by atoms with Gasteiger partial charge in [0.15, 0.2) is 0 Å². The van der Waals surface area contributed by atoms with Gasteiger partial charge in [-0.1, -0.05) is 12.1 Å². The standard InChI is InChI=1S/C21H23FN4O2S/c1-13-11-17(16-6-8-18(22)9-7-16)12-19(23-13)20-5-4-10-26(20)29(27,28)21-14(2)24-25-15(21)3/h6-9,11-12,20H,4-5,10H2,1-3H3,(H,24,25)/t20-/m1/s1. The first kappa shape index (κ1) is 19.7. The molecule has 0 saturated carbocycles. The Kier molecular flexibility index (Phi) is 5.00. The quantitative estimate of drug-likeness (QED) is 0.698. The van der Waals surface area contributed by atoms with Gasteiger partial charge in [0.1, 0.15) is 10.7 Å². The van der Waals surface area contributed by atoms with E-state index in [0.717, 1.165) is 23.2 Å². The van der Waals surface area contributed by atoms with Crippen molar-refractivity contribution in [2.24, 2.45) is 0 Å². The van der Waals surface area contributed by atoms with E-state index in [1.54, 1.807) is 26.0 Å². The molecule has 0 bridgehead atoms. The number of aromatic nitrogens is 3. The average Bonchev–Trinajstić information content (AvgIpc) is 3.29. The molecule has 1 aromatic carbocycles. The number of hydrogen-bond acceptors (Lipinski definition) is 4. The van der Waals surface area contributed by atoms with Crippen molar-refractivity contribution >= 4 is 10.0 Å². The van der Waals surface area contributed by atoms with E-state index in [4.69, 9.17) is 0 Å². The van der Waals surface area contributed by atoms with Gasteiger partial charge in [-0.05, 0) is 69.0 Å². The lowest BCUT2D eigenvalue weighted by atomic mass is 10.0. The van der Waals surface area contributed by atoms with Gasteiger partial charge in [-0.15, -0.1) is 0 Å². The highest BCUT2D eigenvalue weighted by Gasteiger charge is 2.39. The zero-order chi connectivity index (χ0) is 20.8. The number of H-pyrrole nitrogens is 1. The molecule has 0 spiro atoms. The number of pyridine rings is 1. The average molecular weight is 415 g/mol. The van der Waals surface area contributed by atoms with Gasteiger partial charge in [-0.3, -0.25) is 10.1 Å². The zero-order valence-electron chi connectivity index (χ0n) is 16.6. The summed E-state index contributed by atoms with van der Waals surface area (Å²) in [6, 6.07) is 9.77. The Bertz CT molecular complexity index is 1140. The van der Waals surface area contributed by atoms with Crippen LogP contribution in [0.25, 0.3) is 11.1 Å². The Balaban J connectivity index is 1.75. The summed E-state index contributed by atoms with van der Waals surface area (Å²) in [6.45, 7) is 5.74. The number of halogens is 1. The molecule has 1 aliphatic rings. The van der Waals surface area contributed by atoms with Crippen LogP contribution in [0.15, 0.2) is 41.3 Å². The minimum absolute atomic E-state index is 0.246. The first-order chi connectivity index (χ1) is 13.8. The molecule has 1 saturated heterocycles. The summed E-state index contributed by atoms with van der Waals surface area (Å²) in [5.74, 6) is -0.293. The fourth-order valence-corrected chi connectivity index (χ4v) is 6.04. The van der Waals surface area contributed by atoms with Crippen LogP contribution in [0, 0.1) is 26.6 Å². The number of aryl methyl sites for hydroxylation is 3. The topological polar surface area (TPSA) is 79.0 Å². The highest BCUT2D eigenvalue weighted by Crippen LogP contribution is 2.38. The van der Waals surface area contributed by atoms with Gasteiger partial charge in [0.05, 0.1) is 23.1 Å². The lowest BCUT2D eigenvalue weighted by Crippen LogP contribution is -2.31. The number of benzene rings is 1. The van der Waals surface area contributed by atoms with Gasteiger partial charge in [0, 0.05) is 12.2 Å². The van der Waals surface area contributed by atoms with Crippen LogP contribution in [0.1, 0.15) is 41.7 Å². The molecular formula is C21H23FN4O2S. The molecule has 1 N–H and O–H groups in total. The van der Waals surface area contributed by atoms with Crippen molar-refractivity contribution in [1.82, 2.24) is 19.5 Å². The monoisotopic (exact) mass is 414 g/mol. The second-order valence-corrected chi connectivity index (χ2v) is 9.29. The van der Waals surface area contributed by atoms with Gasteiger partial charge in [0.2, 0.25) is 10.0 Å². The molecule has 0 aliphatic carbocycles. The Morgan fingerprint density at radius 3 is 2.48 bits per heavy atom. The van der Waals surface area contributed by atoms with Crippen LogP contribution in [-0.2, 0) is 10.0 Å². The molecule has 4 rings (SSSR count). The van der Waals surface area contributed by atoms with Crippen molar-refractivity contribution in [3.8, 4) is 11.1 Å². The SMILES string of the molecule is Cc1cc(-c2ccc(F)cc2)cc([C@H]2CCCN2S(=O)(=O)c2c(C)n[nH]c2C)n1. The summed E-state index contributed by atoms with van der Waals surface area (Å²) in [5.41, 5.74) is 4.28. The highest BCUT2D eigenvalue weighted by atomic mass is 32.2. The molecule has 0 amide bonds. The lowest BCUT2D eigenvalue weighted by Gasteiger charge is -2.24. The second kappa shape index (κ2) is 7.35. The normalized spacial score (nSPS) is 17.7. The third kappa shape index (κ3) is 3.58. The van der Waals surface area contributed by atoms with E-state index in [0.29, 0.717) is 30.0 Å².